The first-order valence-corrected chi connectivity index (χ1v) is 8.73. The Bertz CT molecular complexity index is 825. The number of amides is 1. The molecule has 1 heterocycles. The minimum absolute atomic E-state index is 0.151. The highest BCUT2D eigenvalue weighted by Crippen LogP contribution is 2.18. The summed E-state index contributed by atoms with van der Waals surface area (Å²) in [4.78, 5) is 19.6. The Kier molecular flexibility index (Phi) is 5.28. The Morgan fingerprint density at radius 3 is 2.67 bits per heavy atom. The summed E-state index contributed by atoms with van der Waals surface area (Å²) in [5.74, 6) is 0.108. The standard InChI is InChI=1S/C18H18N4OS/c1-2-14(13-8-4-3-5-9-13)21-22-17(23)12-24-18-19-15-10-6-7-11-16(15)20-18/h3-11H,2,12H2,1H3,(H,19,20)(H,22,23)/b21-14+. The number of benzene rings is 2. The lowest BCUT2D eigenvalue weighted by molar-refractivity contribution is -0.118. The molecule has 0 radical (unpaired) electrons. The van der Waals surface area contributed by atoms with E-state index in [0.717, 1.165) is 33.9 Å². The topological polar surface area (TPSA) is 70.1 Å². The number of carbonyl (C=O) groups is 1. The van der Waals surface area contributed by atoms with E-state index in [2.05, 4.69) is 20.5 Å². The van der Waals surface area contributed by atoms with E-state index >= 15 is 0 Å². The van der Waals surface area contributed by atoms with Gasteiger partial charge in [0.05, 0.1) is 22.5 Å². The Labute approximate surface area is 144 Å². The van der Waals surface area contributed by atoms with Gasteiger partial charge in [-0.05, 0) is 24.1 Å². The number of hydrogen-bond acceptors (Lipinski definition) is 4. The molecule has 6 heteroatoms. The largest absolute Gasteiger partial charge is 0.333 e. The van der Waals surface area contributed by atoms with Gasteiger partial charge in [0.25, 0.3) is 5.91 Å². The molecule has 0 bridgehead atoms. The maximum Gasteiger partial charge on any atom is 0.250 e. The molecule has 1 amide bonds. The van der Waals surface area contributed by atoms with Gasteiger partial charge in [0.1, 0.15) is 0 Å². The highest BCUT2D eigenvalue weighted by Gasteiger charge is 2.07. The number of para-hydroxylation sites is 2. The highest BCUT2D eigenvalue weighted by atomic mass is 32.2. The lowest BCUT2D eigenvalue weighted by Crippen LogP contribution is -2.21. The van der Waals surface area contributed by atoms with Crippen LogP contribution in [0.5, 0.6) is 0 Å². The van der Waals surface area contributed by atoms with Crippen molar-refractivity contribution < 1.29 is 4.79 Å². The molecule has 1 aromatic heterocycles. The average molecular weight is 338 g/mol. The van der Waals surface area contributed by atoms with Gasteiger partial charge in [0, 0.05) is 0 Å². The Morgan fingerprint density at radius 2 is 1.92 bits per heavy atom. The van der Waals surface area contributed by atoms with Crippen molar-refractivity contribution in [1.82, 2.24) is 15.4 Å². The summed E-state index contributed by atoms with van der Waals surface area (Å²) in [5, 5.41) is 4.97. The summed E-state index contributed by atoms with van der Waals surface area (Å²) in [6, 6.07) is 17.6. The number of H-pyrrole nitrogens is 1. The second-order valence-electron chi connectivity index (χ2n) is 5.16. The smallest absolute Gasteiger partial charge is 0.250 e. The Hall–Kier alpha value is -2.60. The normalized spacial score (nSPS) is 11.6. The van der Waals surface area contributed by atoms with Crippen LogP contribution in [-0.2, 0) is 4.79 Å². The molecule has 122 valence electrons. The van der Waals surface area contributed by atoms with Gasteiger partial charge in [-0.15, -0.1) is 0 Å². The number of imidazole rings is 1. The summed E-state index contributed by atoms with van der Waals surface area (Å²) >= 11 is 1.36. The number of fused-ring (bicyclic) bond motifs is 1. The molecule has 0 aliphatic carbocycles. The zero-order chi connectivity index (χ0) is 16.8. The maximum absolute atomic E-state index is 12.0. The number of thioether (sulfide) groups is 1. The summed E-state index contributed by atoms with van der Waals surface area (Å²) < 4.78 is 0. The monoisotopic (exact) mass is 338 g/mol. The van der Waals surface area contributed by atoms with E-state index in [-0.39, 0.29) is 11.7 Å². The molecular formula is C18H18N4OS. The summed E-state index contributed by atoms with van der Waals surface area (Å²) in [5.41, 5.74) is 6.37. The highest BCUT2D eigenvalue weighted by molar-refractivity contribution is 7.99. The minimum atomic E-state index is -0.151. The molecule has 3 rings (SSSR count). The first-order chi connectivity index (χ1) is 11.8. The molecule has 2 N–H and O–H groups in total. The van der Waals surface area contributed by atoms with Gasteiger partial charge >= 0.3 is 0 Å². The number of carbonyl (C=O) groups excluding carboxylic acids is 1. The Morgan fingerprint density at radius 1 is 1.17 bits per heavy atom. The SMILES string of the molecule is CC/C(=N\NC(=O)CSc1nc2ccccc2[nH]1)c1ccccc1. The van der Waals surface area contributed by atoms with Gasteiger partial charge in [-0.2, -0.15) is 5.10 Å². The molecule has 5 nitrogen and oxygen atoms in total. The van der Waals surface area contributed by atoms with E-state index in [0.29, 0.717) is 0 Å². The van der Waals surface area contributed by atoms with Gasteiger partial charge in [-0.25, -0.2) is 10.4 Å². The fourth-order valence-corrected chi connectivity index (χ4v) is 2.95. The van der Waals surface area contributed by atoms with Crippen molar-refractivity contribution in [1.29, 1.82) is 0 Å². The van der Waals surface area contributed by atoms with Crippen molar-refractivity contribution in [2.45, 2.75) is 18.5 Å². The van der Waals surface area contributed by atoms with Crippen molar-refractivity contribution in [3.05, 3.63) is 60.2 Å². The van der Waals surface area contributed by atoms with Crippen LogP contribution in [0, 0.1) is 0 Å². The second kappa shape index (κ2) is 7.79. The van der Waals surface area contributed by atoms with Crippen LogP contribution in [0.3, 0.4) is 0 Å². The predicted octanol–water partition coefficient (Wildman–Crippen LogP) is 3.59. The van der Waals surface area contributed by atoms with Crippen LogP contribution in [0.15, 0.2) is 64.9 Å². The quantitative estimate of drug-likeness (QED) is 0.410. The van der Waals surface area contributed by atoms with E-state index < -0.39 is 0 Å². The molecule has 0 atom stereocenters. The van der Waals surface area contributed by atoms with E-state index in [9.17, 15) is 4.79 Å². The van der Waals surface area contributed by atoms with E-state index in [4.69, 9.17) is 0 Å². The van der Waals surface area contributed by atoms with Crippen LogP contribution in [0.4, 0.5) is 0 Å². The number of nitrogens with one attached hydrogen (secondary N) is 2. The molecule has 0 aliphatic heterocycles. The number of hydrogen-bond donors (Lipinski definition) is 2. The molecule has 2 aromatic carbocycles. The molecule has 0 saturated carbocycles. The van der Waals surface area contributed by atoms with Crippen LogP contribution < -0.4 is 5.43 Å². The van der Waals surface area contributed by atoms with Crippen LogP contribution in [0.2, 0.25) is 0 Å². The van der Waals surface area contributed by atoms with Gasteiger partial charge in [0.2, 0.25) is 0 Å². The molecule has 24 heavy (non-hydrogen) atoms. The molecule has 0 spiro atoms. The Balaban J connectivity index is 1.58. The van der Waals surface area contributed by atoms with E-state index in [1.165, 1.54) is 11.8 Å². The fraction of sp³-hybridized carbons (Fsp3) is 0.167. The number of hydrazone groups is 1. The van der Waals surface area contributed by atoms with Gasteiger partial charge in [-0.1, -0.05) is 61.2 Å². The van der Waals surface area contributed by atoms with Gasteiger partial charge < -0.3 is 4.98 Å². The van der Waals surface area contributed by atoms with Crippen molar-refractivity contribution in [3.8, 4) is 0 Å². The van der Waals surface area contributed by atoms with Gasteiger partial charge in [0.15, 0.2) is 5.16 Å². The molecular weight excluding hydrogens is 320 g/mol. The number of nitrogens with zero attached hydrogens (tertiary/aromatic N) is 2. The third-order valence-electron chi connectivity index (χ3n) is 3.47. The van der Waals surface area contributed by atoms with Crippen LogP contribution in [0.25, 0.3) is 11.0 Å². The van der Waals surface area contributed by atoms with Crippen molar-refractivity contribution in [3.63, 3.8) is 0 Å². The lowest BCUT2D eigenvalue weighted by atomic mass is 10.1. The van der Waals surface area contributed by atoms with E-state index in [1.807, 2.05) is 61.5 Å². The molecule has 3 aromatic rings. The summed E-state index contributed by atoms with van der Waals surface area (Å²) in [6.45, 7) is 2.02. The predicted molar refractivity (Wildman–Crippen MR) is 98.2 cm³/mol. The zero-order valence-electron chi connectivity index (χ0n) is 13.3. The minimum Gasteiger partial charge on any atom is -0.333 e. The number of aromatic nitrogens is 2. The molecule has 0 aliphatic rings. The lowest BCUT2D eigenvalue weighted by Gasteiger charge is -2.04. The third kappa shape index (κ3) is 4.02. The first-order valence-electron chi connectivity index (χ1n) is 7.74. The first kappa shape index (κ1) is 16.3. The number of aromatic amines is 1. The van der Waals surface area contributed by atoms with E-state index in [1.54, 1.807) is 0 Å². The maximum atomic E-state index is 12.0. The molecule has 0 unspecified atom stereocenters. The third-order valence-corrected chi connectivity index (χ3v) is 4.34. The summed E-state index contributed by atoms with van der Waals surface area (Å²) in [7, 11) is 0. The second-order valence-corrected chi connectivity index (χ2v) is 6.12. The van der Waals surface area contributed by atoms with Gasteiger partial charge in [-0.3, -0.25) is 4.79 Å². The molecule has 0 fully saturated rings. The zero-order valence-corrected chi connectivity index (χ0v) is 14.1. The fourth-order valence-electron chi connectivity index (χ4n) is 2.27. The summed E-state index contributed by atoms with van der Waals surface area (Å²) in [6.07, 6.45) is 0.751. The molecule has 0 saturated heterocycles. The van der Waals surface area contributed by atoms with Crippen molar-refractivity contribution in [2.24, 2.45) is 5.10 Å². The van der Waals surface area contributed by atoms with Crippen LogP contribution in [-0.4, -0.2) is 27.3 Å². The van der Waals surface area contributed by atoms with Crippen LogP contribution >= 0.6 is 11.8 Å². The average Bonchev–Trinajstić information content (AvgIpc) is 3.04. The van der Waals surface area contributed by atoms with Crippen LogP contribution in [0.1, 0.15) is 18.9 Å². The van der Waals surface area contributed by atoms with Crippen molar-refractivity contribution in [2.75, 3.05) is 5.75 Å². The number of rotatable bonds is 6. The van der Waals surface area contributed by atoms with Crippen molar-refractivity contribution >= 4 is 34.4 Å².